The fraction of sp³-hybridized carbons (Fsp3) is 0.316. The molecule has 0 aliphatic carbocycles. The maximum absolute atomic E-state index is 12.7. The molecule has 1 aliphatic rings. The Kier molecular flexibility index (Phi) is 5.27. The first-order valence-corrected chi connectivity index (χ1v) is 10.4. The Morgan fingerprint density at radius 2 is 2.07 bits per heavy atom. The molecule has 0 aromatic heterocycles. The van der Waals surface area contributed by atoms with Crippen molar-refractivity contribution in [3.63, 3.8) is 0 Å². The summed E-state index contributed by atoms with van der Waals surface area (Å²) in [5.41, 5.74) is 1.90. The summed E-state index contributed by atoms with van der Waals surface area (Å²) in [5, 5.41) is 2.76. The van der Waals surface area contributed by atoms with Crippen molar-refractivity contribution in [2.24, 2.45) is 0 Å². The zero-order valence-corrected chi connectivity index (χ0v) is 16.2. The summed E-state index contributed by atoms with van der Waals surface area (Å²) < 4.78 is 36.9. The molecule has 1 N–H and O–H groups in total. The number of rotatable bonds is 5. The van der Waals surface area contributed by atoms with Gasteiger partial charge in [-0.2, -0.15) is 0 Å². The predicted molar refractivity (Wildman–Crippen MR) is 104 cm³/mol. The number of anilines is 2. The van der Waals surface area contributed by atoms with Gasteiger partial charge in [0.05, 0.1) is 25.1 Å². The minimum atomic E-state index is -3.56. The molecule has 0 saturated carbocycles. The number of amides is 1. The topological polar surface area (TPSA) is 84.9 Å². The van der Waals surface area contributed by atoms with Gasteiger partial charge in [0, 0.05) is 11.8 Å². The van der Waals surface area contributed by atoms with Crippen LogP contribution in [0.1, 0.15) is 12.5 Å². The lowest BCUT2D eigenvalue weighted by Crippen LogP contribution is -2.48. The SMILES string of the molecule is CCOc1cccc(NC(=O)[C@H]2CN(S(C)(=O)=O)c3cc(C)ccc3O2)c1. The van der Waals surface area contributed by atoms with Gasteiger partial charge in [0.1, 0.15) is 11.5 Å². The van der Waals surface area contributed by atoms with Gasteiger partial charge in [0.25, 0.3) is 5.91 Å². The van der Waals surface area contributed by atoms with E-state index in [0.717, 1.165) is 11.8 Å². The van der Waals surface area contributed by atoms with Crippen LogP contribution in [0.5, 0.6) is 11.5 Å². The monoisotopic (exact) mass is 390 g/mol. The molecule has 1 heterocycles. The minimum absolute atomic E-state index is 0.0910. The number of benzene rings is 2. The summed E-state index contributed by atoms with van der Waals surface area (Å²) in [5.74, 6) is 0.572. The number of hydrogen-bond donors (Lipinski definition) is 1. The van der Waals surface area contributed by atoms with Gasteiger partial charge >= 0.3 is 0 Å². The highest BCUT2D eigenvalue weighted by molar-refractivity contribution is 7.92. The van der Waals surface area contributed by atoms with Crippen molar-refractivity contribution < 1.29 is 22.7 Å². The smallest absolute Gasteiger partial charge is 0.267 e. The van der Waals surface area contributed by atoms with Crippen molar-refractivity contribution >= 4 is 27.3 Å². The predicted octanol–water partition coefficient (Wildman–Crippen LogP) is 2.56. The molecule has 0 spiro atoms. The number of hydrogen-bond acceptors (Lipinski definition) is 5. The molecule has 3 rings (SSSR count). The van der Waals surface area contributed by atoms with Crippen molar-refractivity contribution in [1.82, 2.24) is 0 Å². The summed E-state index contributed by atoms with van der Waals surface area (Å²) in [6, 6.07) is 12.2. The lowest BCUT2D eigenvalue weighted by atomic mass is 10.1. The Morgan fingerprint density at radius 3 is 2.78 bits per heavy atom. The van der Waals surface area contributed by atoms with E-state index in [1.165, 1.54) is 4.31 Å². The fourth-order valence-corrected chi connectivity index (χ4v) is 3.77. The fourth-order valence-electron chi connectivity index (χ4n) is 2.86. The minimum Gasteiger partial charge on any atom is -0.494 e. The van der Waals surface area contributed by atoms with E-state index < -0.39 is 22.0 Å². The molecule has 0 radical (unpaired) electrons. The second-order valence-electron chi connectivity index (χ2n) is 6.32. The molecule has 1 atom stereocenters. The van der Waals surface area contributed by atoms with Crippen LogP contribution < -0.4 is 19.1 Å². The number of carbonyl (C=O) groups excluding carboxylic acids is 1. The molecule has 0 unspecified atom stereocenters. The van der Waals surface area contributed by atoms with Crippen molar-refractivity contribution in [2.45, 2.75) is 20.0 Å². The van der Waals surface area contributed by atoms with Crippen LogP contribution in [0.4, 0.5) is 11.4 Å². The van der Waals surface area contributed by atoms with Crippen LogP contribution in [-0.2, 0) is 14.8 Å². The van der Waals surface area contributed by atoms with Crippen LogP contribution in [0, 0.1) is 6.92 Å². The molecule has 7 nitrogen and oxygen atoms in total. The Balaban J connectivity index is 1.84. The number of sulfonamides is 1. The van der Waals surface area contributed by atoms with E-state index in [9.17, 15) is 13.2 Å². The zero-order valence-electron chi connectivity index (χ0n) is 15.4. The van der Waals surface area contributed by atoms with Gasteiger partial charge in [-0.25, -0.2) is 8.42 Å². The average Bonchev–Trinajstić information content (AvgIpc) is 2.60. The largest absolute Gasteiger partial charge is 0.494 e. The van der Waals surface area contributed by atoms with Crippen LogP contribution in [0.15, 0.2) is 42.5 Å². The normalized spacial score (nSPS) is 16.3. The number of ether oxygens (including phenoxy) is 2. The number of carbonyl (C=O) groups is 1. The first kappa shape index (κ1) is 19.0. The molecule has 1 aliphatic heterocycles. The van der Waals surface area contributed by atoms with E-state index in [1.807, 2.05) is 19.9 Å². The molecule has 0 bridgehead atoms. The Labute approximate surface area is 158 Å². The van der Waals surface area contributed by atoms with Gasteiger partial charge in [-0.15, -0.1) is 0 Å². The van der Waals surface area contributed by atoms with Gasteiger partial charge in [-0.05, 0) is 43.7 Å². The number of aryl methyl sites for hydroxylation is 1. The van der Waals surface area contributed by atoms with Crippen LogP contribution in [-0.4, -0.2) is 39.8 Å². The Morgan fingerprint density at radius 1 is 1.30 bits per heavy atom. The van der Waals surface area contributed by atoms with E-state index in [2.05, 4.69) is 5.32 Å². The molecule has 8 heteroatoms. The van der Waals surface area contributed by atoms with E-state index in [-0.39, 0.29) is 6.54 Å². The van der Waals surface area contributed by atoms with Gasteiger partial charge in [0.15, 0.2) is 6.10 Å². The van der Waals surface area contributed by atoms with Crippen molar-refractivity contribution in [3.8, 4) is 11.5 Å². The molecule has 27 heavy (non-hydrogen) atoms. The van der Waals surface area contributed by atoms with Crippen LogP contribution in [0.25, 0.3) is 0 Å². The van der Waals surface area contributed by atoms with Crippen LogP contribution in [0.2, 0.25) is 0 Å². The summed E-state index contributed by atoms with van der Waals surface area (Å²) in [6.07, 6.45) is 0.149. The third kappa shape index (κ3) is 4.33. The first-order chi connectivity index (χ1) is 12.8. The van der Waals surface area contributed by atoms with Gasteiger partial charge in [0.2, 0.25) is 10.0 Å². The number of nitrogens with zero attached hydrogens (tertiary/aromatic N) is 1. The average molecular weight is 390 g/mol. The van der Waals surface area contributed by atoms with Crippen LogP contribution in [0.3, 0.4) is 0 Å². The molecule has 2 aromatic rings. The van der Waals surface area contributed by atoms with E-state index in [0.29, 0.717) is 29.5 Å². The third-order valence-corrected chi connectivity index (χ3v) is 5.24. The second-order valence-corrected chi connectivity index (χ2v) is 8.23. The van der Waals surface area contributed by atoms with Crippen molar-refractivity contribution in [2.75, 3.05) is 29.0 Å². The number of fused-ring (bicyclic) bond motifs is 1. The summed E-state index contributed by atoms with van der Waals surface area (Å²) in [6.45, 7) is 4.17. The molecule has 144 valence electrons. The third-order valence-electron chi connectivity index (χ3n) is 4.09. The Hall–Kier alpha value is -2.74. The summed E-state index contributed by atoms with van der Waals surface area (Å²) in [4.78, 5) is 12.7. The highest BCUT2D eigenvalue weighted by Gasteiger charge is 2.35. The van der Waals surface area contributed by atoms with Gasteiger partial charge in [-0.3, -0.25) is 9.10 Å². The van der Waals surface area contributed by atoms with Gasteiger partial charge < -0.3 is 14.8 Å². The maximum atomic E-state index is 12.7. The maximum Gasteiger partial charge on any atom is 0.267 e. The lowest BCUT2D eigenvalue weighted by molar-refractivity contribution is -0.122. The van der Waals surface area contributed by atoms with Crippen LogP contribution >= 0.6 is 0 Å². The van der Waals surface area contributed by atoms with E-state index in [4.69, 9.17) is 9.47 Å². The molecule has 0 fully saturated rings. The molecule has 2 aromatic carbocycles. The Bertz CT molecular complexity index is 958. The van der Waals surface area contributed by atoms with Gasteiger partial charge in [-0.1, -0.05) is 12.1 Å². The van der Waals surface area contributed by atoms with E-state index in [1.54, 1.807) is 36.4 Å². The standard InChI is InChI=1S/C19H22N2O5S/c1-4-25-15-7-5-6-14(11-15)20-19(22)18-12-21(27(3,23)24)16-10-13(2)8-9-17(16)26-18/h5-11,18H,4,12H2,1-3H3,(H,20,22)/t18-/m1/s1. The highest BCUT2D eigenvalue weighted by Crippen LogP contribution is 2.36. The molecule has 1 amide bonds. The molecular weight excluding hydrogens is 368 g/mol. The van der Waals surface area contributed by atoms with Crippen molar-refractivity contribution in [1.29, 1.82) is 0 Å². The zero-order chi connectivity index (χ0) is 19.6. The molecular formula is C19H22N2O5S. The summed E-state index contributed by atoms with van der Waals surface area (Å²) in [7, 11) is -3.56. The lowest BCUT2D eigenvalue weighted by Gasteiger charge is -2.34. The van der Waals surface area contributed by atoms with E-state index >= 15 is 0 Å². The highest BCUT2D eigenvalue weighted by atomic mass is 32.2. The quantitative estimate of drug-likeness (QED) is 0.848. The first-order valence-electron chi connectivity index (χ1n) is 8.56. The van der Waals surface area contributed by atoms with Crippen molar-refractivity contribution in [3.05, 3.63) is 48.0 Å². The summed E-state index contributed by atoms with van der Waals surface area (Å²) >= 11 is 0. The molecule has 0 saturated heterocycles. The number of nitrogens with one attached hydrogen (secondary N) is 1. The second kappa shape index (κ2) is 7.48.